The van der Waals surface area contributed by atoms with Gasteiger partial charge in [-0.25, -0.2) is 0 Å². The monoisotopic (exact) mass is 1060 g/mol. The number of ether oxygens (including phenoxy) is 4. The van der Waals surface area contributed by atoms with Crippen LogP contribution in [0, 0.1) is 0 Å². The number of allylic oxidation sites excluding steroid dienone is 9. The van der Waals surface area contributed by atoms with E-state index in [0.29, 0.717) is 12.8 Å². The van der Waals surface area contributed by atoms with Crippen molar-refractivity contribution in [3.8, 4) is 0 Å². The van der Waals surface area contributed by atoms with Crippen molar-refractivity contribution in [3.05, 3.63) is 60.8 Å². The average molecular weight is 1060 g/mol. The van der Waals surface area contributed by atoms with E-state index in [1.807, 2.05) is 6.08 Å². The van der Waals surface area contributed by atoms with Crippen molar-refractivity contribution >= 4 is 5.91 Å². The molecule has 2 rings (SSSR count). The molecule has 0 aromatic carbocycles. The number of hydrogen-bond acceptors (Lipinski definition) is 13. The number of aliphatic hydroxyl groups is 8. The molecule has 0 spiro atoms. The summed E-state index contributed by atoms with van der Waals surface area (Å²) in [7, 11) is 0. The third-order valence-electron chi connectivity index (χ3n) is 14.4. The predicted molar refractivity (Wildman–Crippen MR) is 300 cm³/mol. The van der Waals surface area contributed by atoms with Gasteiger partial charge in [0.1, 0.15) is 48.8 Å². The van der Waals surface area contributed by atoms with Crippen LogP contribution in [0.15, 0.2) is 60.8 Å². The maximum absolute atomic E-state index is 13.2. The number of carbonyl (C=O) groups is 1. The molecule has 0 saturated carbocycles. The molecule has 2 aliphatic rings. The van der Waals surface area contributed by atoms with E-state index in [2.05, 4.69) is 67.8 Å². The summed E-state index contributed by atoms with van der Waals surface area (Å²) in [5.41, 5.74) is 0. The molecule has 14 nitrogen and oxygen atoms in total. The zero-order valence-electron chi connectivity index (χ0n) is 46.8. The molecule has 0 aromatic heterocycles. The van der Waals surface area contributed by atoms with Crippen LogP contribution < -0.4 is 5.32 Å². The Morgan fingerprint density at radius 1 is 0.480 bits per heavy atom. The Morgan fingerprint density at radius 3 is 1.43 bits per heavy atom. The minimum atomic E-state index is -1.79. The van der Waals surface area contributed by atoms with Crippen molar-refractivity contribution in [3.63, 3.8) is 0 Å². The van der Waals surface area contributed by atoms with Crippen LogP contribution >= 0.6 is 0 Å². The number of unbranched alkanes of at least 4 members (excludes halogenated alkanes) is 26. The van der Waals surface area contributed by atoms with Gasteiger partial charge in [0.25, 0.3) is 0 Å². The van der Waals surface area contributed by atoms with Gasteiger partial charge in [0.15, 0.2) is 12.6 Å². The van der Waals surface area contributed by atoms with Gasteiger partial charge in [-0.05, 0) is 70.6 Å². The van der Waals surface area contributed by atoms with E-state index in [1.54, 1.807) is 6.08 Å². The normalized spacial score (nSPS) is 25.5. The molecule has 0 aromatic rings. The number of rotatable bonds is 47. The molecule has 436 valence electrons. The lowest BCUT2D eigenvalue weighted by Crippen LogP contribution is -2.65. The fraction of sp³-hybridized carbons (Fsp3) is 0.820. The van der Waals surface area contributed by atoms with E-state index in [4.69, 9.17) is 18.9 Å². The first-order valence-corrected chi connectivity index (χ1v) is 30.0. The van der Waals surface area contributed by atoms with Crippen LogP contribution in [0.25, 0.3) is 0 Å². The van der Waals surface area contributed by atoms with E-state index in [-0.39, 0.29) is 18.9 Å². The lowest BCUT2D eigenvalue weighted by Gasteiger charge is -2.46. The fourth-order valence-electron chi connectivity index (χ4n) is 9.55. The lowest BCUT2D eigenvalue weighted by atomic mass is 9.97. The van der Waals surface area contributed by atoms with E-state index >= 15 is 0 Å². The minimum absolute atomic E-state index is 0.257. The van der Waals surface area contributed by atoms with Crippen LogP contribution in [0.5, 0.6) is 0 Å². The van der Waals surface area contributed by atoms with Crippen molar-refractivity contribution in [2.45, 2.75) is 299 Å². The summed E-state index contributed by atoms with van der Waals surface area (Å²) in [4.78, 5) is 13.2. The van der Waals surface area contributed by atoms with Gasteiger partial charge in [-0.3, -0.25) is 4.79 Å². The molecule has 2 saturated heterocycles. The highest BCUT2D eigenvalue weighted by molar-refractivity contribution is 5.76. The molecule has 2 fully saturated rings. The summed E-state index contributed by atoms with van der Waals surface area (Å²) in [6, 6.07) is -0.941. The molecule has 1 amide bonds. The maximum Gasteiger partial charge on any atom is 0.220 e. The fourth-order valence-corrected chi connectivity index (χ4v) is 9.55. The molecule has 0 radical (unpaired) electrons. The molecule has 0 bridgehead atoms. The molecular weight excluding hydrogens is 955 g/mol. The zero-order chi connectivity index (χ0) is 54.6. The number of hydrogen-bond donors (Lipinski definition) is 9. The van der Waals surface area contributed by atoms with Gasteiger partial charge in [0.05, 0.1) is 32.0 Å². The van der Waals surface area contributed by atoms with Crippen molar-refractivity contribution in [1.29, 1.82) is 0 Å². The molecule has 12 unspecified atom stereocenters. The summed E-state index contributed by atoms with van der Waals surface area (Å²) >= 11 is 0. The summed E-state index contributed by atoms with van der Waals surface area (Å²) in [5.74, 6) is -0.262. The molecular formula is C61H109NO13. The number of amides is 1. The highest BCUT2D eigenvalue weighted by Crippen LogP contribution is 2.30. The second kappa shape index (κ2) is 46.6. The molecule has 75 heavy (non-hydrogen) atoms. The maximum atomic E-state index is 13.2. The first-order chi connectivity index (χ1) is 36.6. The van der Waals surface area contributed by atoms with Gasteiger partial charge in [-0.15, -0.1) is 0 Å². The number of carbonyl (C=O) groups excluding carboxylic acids is 1. The summed E-state index contributed by atoms with van der Waals surface area (Å²) in [6.45, 7) is 2.75. The zero-order valence-corrected chi connectivity index (χ0v) is 46.8. The van der Waals surface area contributed by atoms with Gasteiger partial charge < -0.3 is 65.1 Å². The van der Waals surface area contributed by atoms with Crippen LogP contribution in [0.4, 0.5) is 0 Å². The third kappa shape index (κ3) is 32.4. The van der Waals surface area contributed by atoms with Gasteiger partial charge in [0, 0.05) is 6.42 Å². The topological polar surface area (TPSA) is 228 Å². The summed E-state index contributed by atoms with van der Waals surface area (Å²) in [6.07, 6.45) is 42.5. The standard InChI is InChI=1S/C61H109NO13/c1-3-5-7-9-11-13-15-17-19-21-23-24-25-27-28-30-32-34-36-38-40-42-44-50(65)49(62-53(66)45-43-41-39-37-35-33-31-29-26-22-20-18-16-14-12-10-8-6-4-2)48-72-60-58(71)56(69)59(52(47-64)74-60)75-61-57(70)55(68)54(67)51(46-63)73-61/h12,14,18,20,26,29,34,36,42,44,49-52,54-61,63-65,67-71H,3-11,13,15-17,19,21-25,27-28,30-33,35,37-41,43,45-48H2,1-2H3,(H,62,66)/b14-12-,20-18-,29-26-,36-34+,44-42+. The molecule has 0 aliphatic carbocycles. The summed E-state index contributed by atoms with van der Waals surface area (Å²) < 4.78 is 22.8. The Bertz CT molecular complexity index is 1490. The van der Waals surface area contributed by atoms with E-state index in [1.165, 1.54) is 128 Å². The Hall–Kier alpha value is -2.31. The van der Waals surface area contributed by atoms with E-state index in [9.17, 15) is 45.6 Å². The predicted octanol–water partition coefficient (Wildman–Crippen LogP) is 10.2. The Kier molecular flexibility index (Phi) is 42.7. The van der Waals surface area contributed by atoms with Crippen molar-refractivity contribution in [1.82, 2.24) is 5.32 Å². The molecule has 12 atom stereocenters. The van der Waals surface area contributed by atoms with Crippen molar-refractivity contribution in [2.75, 3.05) is 19.8 Å². The molecule has 2 heterocycles. The number of nitrogens with one attached hydrogen (secondary N) is 1. The first kappa shape index (κ1) is 68.8. The van der Waals surface area contributed by atoms with Crippen LogP contribution in [-0.2, 0) is 23.7 Å². The summed E-state index contributed by atoms with van der Waals surface area (Å²) in [5, 5.41) is 87.1. The molecule has 9 N–H and O–H groups in total. The lowest BCUT2D eigenvalue weighted by molar-refractivity contribution is -0.359. The first-order valence-electron chi connectivity index (χ1n) is 30.0. The van der Waals surface area contributed by atoms with Crippen LogP contribution in [0.1, 0.15) is 226 Å². The Labute approximate surface area is 454 Å². The van der Waals surface area contributed by atoms with Crippen LogP contribution in [-0.4, -0.2) is 140 Å². The van der Waals surface area contributed by atoms with Gasteiger partial charge in [-0.1, -0.05) is 209 Å². The SMILES string of the molecule is CCCCC/C=C\C/C=C\C/C=C\CCCCCCCCC(=O)NC(COC1OC(CO)C(OC2OC(CO)C(O)C(O)C2O)C(O)C1O)C(O)/C=C/CC/C=C/CCCCCCCCCCCCCCCCCC. The smallest absolute Gasteiger partial charge is 0.220 e. The largest absolute Gasteiger partial charge is 0.394 e. The quantitative estimate of drug-likeness (QED) is 0.0204. The van der Waals surface area contributed by atoms with Crippen LogP contribution in [0.2, 0.25) is 0 Å². The van der Waals surface area contributed by atoms with Crippen LogP contribution in [0.3, 0.4) is 0 Å². The third-order valence-corrected chi connectivity index (χ3v) is 14.4. The van der Waals surface area contributed by atoms with Crippen molar-refractivity contribution in [2.24, 2.45) is 0 Å². The second-order valence-corrected chi connectivity index (χ2v) is 21.1. The van der Waals surface area contributed by atoms with E-state index in [0.717, 1.165) is 64.2 Å². The van der Waals surface area contributed by atoms with Gasteiger partial charge >= 0.3 is 0 Å². The van der Waals surface area contributed by atoms with E-state index < -0.39 is 86.8 Å². The number of aliphatic hydroxyl groups excluding tert-OH is 8. The molecule has 14 heteroatoms. The van der Waals surface area contributed by atoms with Gasteiger partial charge in [0.2, 0.25) is 5.91 Å². The Morgan fingerprint density at radius 2 is 0.893 bits per heavy atom. The highest BCUT2D eigenvalue weighted by Gasteiger charge is 2.51. The second-order valence-electron chi connectivity index (χ2n) is 21.1. The minimum Gasteiger partial charge on any atom is -0.394 e. The van der Waals surface area contributed by atoms with Crippen molar-refractivity contribution < 1.29 is 64.6 Å². The average Bonchev–Trinajstić information content (AvgIpc) is 3.41. The highest BCUT2D eigenvalue weighted by atomic mass is 16.7. The Balaban J connectivity index is 1.80. The van der Waals surface area contributed by atoms with Gasteiger partial charge in [-0.2, -0.15) is 0 Å². The molecule has 2 aliphatic heterocycles.